The van der Waals surface area contributed by atoms with Crippen LogP contribution in [0.25, 0.3) is 0 Å². The summed E-state index contributed by atoms with van der Waals surface area (Å²) >= 11 is 0. The maximum Gasteiger partial charge on any atom is 0.229 e. The van der Waals surface area contributed by atoms with Crippen LogP contribution in [0.15, 0.2) is 30.6 Å². The Morgan fingerprint density at radius 3 is 3.04 bits per heavy atom. The number of benzene rings is 1. The van der Waals surface area contributed by atoms with Crippen molar-refractivity contribution in [2.24, 2.45) is 13.0 Å². The van der Waals surface area contributed by atoms with Crippen molar-refractivity contribution in [1.29, 1.82) is 0 Å². The van der Waals surface area contributed by atoms with Gasteiger partial charge in [-0.2, -0.15) is 5.10 Å². The van der Waals surface area contributed by atoms with Crippen molar-refractivity contribution in [2.75, 3.05) is 20.3 Å². The van der Waals surface area contributed by atoms with Crippen LogP contribution in [0.4, 0.5) is 0 Å². The van der Waals surface area contributed by atoms with Crippen LogP contribution in [-0.2, 0) is 18.3 Å². The molecule has 2 atom stereocenters. The number of methoxy groups -OCH3 is 1. The number of hydrogen-bond acceptors (Lipinski definition) is 4. The van der Waals surface area contributed by atoms with Crippen LogP contribution in [0.1, 0.15) is 30.0 Å². The first kappa shape index (κ1) is 16.0. The van der Waals surface area contributed by atoms with Crippen molar-refractivity contribution >= 4 is 5.91 Å². The van der Waals surface area contributed by atoms with Crippen LogP contribution < -0.4 is 9.47 Å². The molecule has 1 fully saturated rings. The van der Waals surface area contributed by atoms with E-state index < -0.39 is 0 Å². The van der Waals surface area contributed by atoms with E-state index in [4.69, 9.17) is 9.47 Å². The molecule has 25 heavy (non-hydrogen) atoms. The monoisotopic (exact) mass is 341 g/mol. The first-order chi connectivity index (χ1) is 12.2. The zero-order valence-corrected chi connectivity index (χ0v) is 14.6. The summed E-state index contributed by atoms with van der Waals surface area (Å²) in [7, 11) is 3.55. The molecule has 0 N–H and O–H groups in total. The lowest BCUT2D eigenvalue weighted by atomic mass is 9.94. The number of amides is 1. The lowest BCUT2D eigenvalue weighted by Gasteiger charge is -2.31. The van der Waals surface area contributed by atoms with Crippen LogP contribution >= 0.6 is 0 Å². The van der Waals surface area contributed by atoms with Gasteiger partial charge in [0.1, 0.15) is 18.1 Å². The van der Waals surface area contributed by atoms with E-state index in [-0.39, 0.29) is 17.9 Å². The van der Waals surface area contributed by atoms with E-state index in [0.717, 1.165) is 42.0 Å². The number of carbonyl (C=O) groups excluding carboxylic acids is 1. The summed E-state index contributed by atoms with van der Waals surface area (Å²) < 4.78 is 12.9. The molecule has 0 saturated carbocycles. The van der Waals surface area contributed by atoms with Crippen LogP contribution in [-0.4, -0.2) is 40.8 Å². The standard InChI is InChI=1S/C19H23N3O3/c1-21-11-15(10-20-21)17-4-3-7-22(17)19(23)14-8-13-5-6-16(24-2)9-18(13)25-12-14/h5-6,9-11,14,17H,3-4,7-8,12H2,1-2H3/t14-,17+/m0/s1. The second-order valence-corrected chi connectivity index (χ2v) is 6.82. The third-order valence-electron chi connectivity index (χ3n) is 5.18. The Labute approximate surface area is 147 Å². The normalized spacial score (nSPS) is 22.4. The molecule has 0 radical (unpaired) electrons. The second-order valence-electron chi connectivity index (χ2n) is 6.82. The van der Waals surface area contributed by atoms with Gasteiger partial charge in [0, 0.05) is 31.4 Å². The highest BCUT2D eigenvalue weighted by molar-refractivity contribution is 5.80. The summed E-state index contributed by atoms with van der Waals surface area (Å²) in [6, 6.07) is 5.95. The summed E-state index contributed by atoms with van der Waals surface area (Å²) in [5.41, 5.74) is 2.19. The predicted octanol–water partition coefficient (Wildman–Crippen LogP) is 2.34. The number of rotatable bonds is 3. The average molecular weight is 341 g/mol. The van der Waals surface area contributed by atoms with E-state index in [1.807, 2.05) is 42.5 Å². The number of aromatic nitrogens is 2. The number of nitrogens with zero attached hydrogens (tertiary/aromatic N) is 3. The highest BCUT2D eigenvalue weighted by Crippen LogP contribution is 2.36. The van der Waals surface area contributed by atoms with E-state index in [0.29, 0.717) is 13.0 Å². The van der Waals surface area contributed by atoms with Crippen LogP contribution in [0.2, 0.25) is 0 Å². The van der Waals surface area contributed by atoms with Gasteiger partial charge in [-0.25, -0.2) is 0 Å². The first-order valence-electron chi connectivity index (χ1n) is 8.74. The van der Waals surface area contributed by atoms with Gasteiger partial charge in [0.15, 0.2) is 0 Å². The molecule has 1 saturated heterocycles. The van der Waals surface area contributed by atoms with Gasteiger partial charge in [-0.1, -0.05) is 6.07 Å². The van der Waals surface area contributed by atoms with Crippen molar-refractivity contribution in [2.45, 2.75) is 25.3 Å². The Bertz CT molecular complexity index is 786. The molecule has 1 amide bonds. The number of hydrogen-bond donors (Lipinski definition) is 0. The fourth-order valence-electron chi connectivity index (χ4n) is 3.86. The molecule has 0 bridgehead atoms. The van der Waals surface area contributed by atoms with Crippen molar-refractivity contribution < 1.29 is 14.3 Å². The van der Waals surface area contributed by atoms with E-state index >= 15 is 0 Å². The smallest absolute Gasteiger partial charge is 0.229 e. The first-order valence-corrected chi connectivity index (χ1v) is 8.74. The van der Waals surface area contributed by atoms with Crippen molar-refractivity contribution in [1.82, 2.24) is 14.7 Å². The molecule has 0 aliphatic carbocycles. The van der Waals surface area contributed by atoms with Gasteiger partial charge in [-0.15, -0.1) is 0 Å². The van der Waals surface area contributed by atoms with Gasteiger partial charge < -0.3 is 14.4 Å². The molecule has 0 unspecified atom stereocenters. The average Bonchev–Trinajstić information content (AvgIpc) is 3.28. The zero-order valence-electron chi connectivity index (χ0n) is 14.6. The van der Waals surface area contributed by atoms with Gasteiger partial charge in [0.25, 0.3) is 0 Å². The van der Waals surface area contributed by atoms with E-state index in [1.165, 1.54) is 0 Å². The topological polar surface area (TPSA) is 56.6 Å². The fourth-order valence-corrected chi connectivity index (χ4v) is 3.86. The number of carbonyl (C=O) groups is 1. The minimum Gasteiger partial charge on any atom is -0.497 e. The SMILES string of the molecule is COc1ccc2c(c1)OC[C@@H](C(=O)N1CCC[C@@H]1c1cnn(C)c1)C2. The molecule has 1 aromatic carbocycles. The third kappa shape index (κ3) is 2.97. The molecule has 6 nitrogen and oxygen atoms in total. The summed E-state index contributed by atoms with van der Waals surface area (Å²) in [5, 5.41) is 4.26. The molecule has 2 aliphatic heterocycles. The Morgan fingerprint density at radius 1 is 1.40 bits per heavy atom. The number of likely N-dealkylation sites (tertiary alicyclic amines) is 1. The maximum atomic E-state index is 13.1. The Hall–Kier alpha value is -2.50. The molecule has 3 heterocycles. The van der Waals surface area contributed by atoms with Gasteiger partial charge in [-0.05, 0) is 30.9 Å². The molecule has 4 rings (SSSR count). The lowest BCUT2D eigenvalue weighted by molar-refractivity contribution is -0.137. The lowest BCUT2D eigenvalue weighted by Crippen LogP contribution is -2.40. The summed E-state index contributed by atoms with van der Waals surface area (Å²) in [6.07, 6.45) is 6.63. The predicted molar refractivity (Wildman–Crippen MR) is 92.6 cm³/mol. The van der Waals surface area contributed by atoms with Crippen molar-refractivity contribution in [3.05, 3.63) is 41.7 Å². The van der Waals surface area contributed by atoms with Crippen LogP contribution in [0, 0.1) is 5.92 Å². The van der Waals surface area contributed by atoms with Gasteiger partial charge in [0.2, 0.25) is 5.91 Å². The van der Waals surface area contributed by atoms with E-state index in [1.54, 1.807) is 11.8 Å². The maximum absolute atomic E-state index is 13.1. The Balaban J connectivity index is 1.51. The van der Waals surface area contributed by atoms with Gasteiger partial charge in [-0.3, -0.25) is 9.48 Å². The molecular formula is C19H23N3O3. The van der Waals surface area contributed by atoms with Crippen molar-refractivity contribution in [3.63, 3.8) is 0 Å². The third-order valence-corrected chi connectivity index (χ3v) is 5.18. The molecule has 1 aromatic heterocycles. The van der Waals surface area contributed by atoms with Crippen molar-refractivity contribution in [3.8, 4) is 11.5 Å². The van der Waals surface area contributed by atoms with Crippen LogP contribution in [0.3, 0.4) is 0 Å². The summed E-state index contributed by atoms with van der Waals surface area (Å²) in [4.78, 5) is 15.1. The second kappa shape index (κ2) is 6.43. The minimum atomic E-state index is -0.127. The van der Waals surface area contributed by atoms with E-state index in [2.05, 4.69) is 5.10 Å². The molecule has 0 spiro atoms. The fraction of sp³-hybridized carbons (Fsp3) is 0.474. The van der Waals surface area contributed by atoms with E-state index in [9.17, 15) is 4.79 Å². The minimum absolute atomic E-state index is 0.127. The molecule has 6 heteroatoms. The Kier molecular flexibility index (Phi) is 4.11. The molecule has 132 valence electrons. The summed E-state index contributed by atoms with van der Waals surface area (Å²) in [5.74, 6) is 1.67. The van der Waals surface area contributed by atoms with Gasteiger partial charge >= 0.3 is 0 Å². The molecule has 2 aliphatic rings. The number of fused-ring (bicyclic) bond motifs is 1. The summed E-state index contributed by atoms with van der Waals surface area (Å²) in [6.45, 7) is 1.24. The van der Waals surface area contributed by atoms with Crippen LogP contribution in [0.5, 0.6) is 11.5 Å². The zero-order chi connectivity index (χ0) is 17.4. The molecule has 2 aromatic rings. The highest BCUT2D eigenvalue weighted by atomic mass is 16.5. The quantitative estimate of drug-likeness (QED) is 0.860. The Morgan fingerprint density at radius 2 is 2.28 bits per heavy atom. The number of ether oxygens (including phenoxy) is 2. The van der Waals surface area contributed by atoms with Gasteiger partial charge in [0.05, 0.1) is 25.3 Å². The molecular weight excluding hydrogens is 318 g/mol. The highest BCUT2D eigenvalue weighted by Gasteiger charge is 2.36. The number of aryl methyl sites for hydroxylation is 1. The largest absolute Gasteiger partial charge is 0.497 e.